The summed E-state index contributed by atoms with van der Waals surface area (Å²) in [5, 5.41) is 12.9. The molecular formula is C11H16N5O6P. The van der Waals surface area contributed by atoms with E-state index < -0.39 is 44.2 Å². The molecule has 0 radical (unpaired) electrons. The zero-order chi connectivity index (χ0) is 16.4. The van der Waals surface area contributed by atoms with Crippen molar-refractivity contribution in [1.29, 1.82) is 0 Å². The second-order valence-electron chi connectivity index (χ2n) is 5.91. The molecule has 0 aromatic rings. The normalized spacial score (nSPS) is 48.7. The first-order valence-corrected chi connectivity index (χ1v) is 8.87. The van der Waals surface area contributed by atoms with Gasteiger partial charge in [-0.3, -0.25) is 19.7 Å². The maximum Gasteiger partial charge on any atom is 0.328 e. The van der Waals surface area contributed by atoms with Gasteiger partial charge in [-0.15, -0.1) is 0 Å². The highest BCUT2D eigenvalue weighted by Gasteiger charge is 2.54. The monoisotopic (exact) mass is 345 g/mol. The fourth-order valence-electron chi connectivity index (χ4n) is 3.32. The molecule has 7 atom stereocenters. The molecule has 2 saturated heterocycles. The molecule has 126 valence electrons. The van der Waals surface area contributed by atoms with Gasteiger partial charge in [-0.2, -0.15) is 0 Å². The molecule has 0 aromatic carbocycles. The Kier molecular flexibility index (Phi) is 3.26. The van der Waals surface area contributed by atoms with Crippen molar-refractivity contribution in [3.8, 4) is 0 Å². The number of guanidine groups is 1. The first kappa shape index (κ1) is 15.0. The van der Waals surface area contributed by atoms with Crippen molar-refractivity contribution in [1.82, 2.24) is 10.2 Å². The highest BCUT2D eigenvalue weighted by molar-refractivity contribution is 7.52. The Morgan fingerprint density at radius 2 is 2.30 bits per heavy atom. The molecule has 4 rings (SSSR count). The Balaban J connectivity index is 1.58. The molecule has 0 spiro atoms. The van der Waals surface area contributed by atoms with Gasteiger partial charge >= 0.3 is 7.60 Å². The van der Waals surface area contributed by atoms with Crippen molar-refractivity contribution < 1.29 is 28.6 Å². The molecule has 12 heteroatoms. The predicted molar refractivity (Wildman–Crippen MR) is 76.5 cm³/mol. The number of aliphatic imine (C=N–C) groups is 2. The second-order valence-corrected chi connectivity index (χ2v) is 7.81. The number of rotatable bonds is 1. The summed E-state index contributed by atoms with van der Waals surface area (Å²) in [6.07, 6.45) is -1.87. The fraction of sp³-hybridized carbons (Fsp3) is 0.727. The summed E-state index contributed by atoms with van der Waals surface area (Å²) in [6, 6.07) is -0.763. The summed E-state index contributed by atoms with van der Waals surface area (Å²) in [5.41, 5.74) is 5.57. The van der Waals surface area contributed by atoms with E-state index in [2.05, 4.69) is 15.3 Å². The first-order valence-electron chi connectivity index (χ1n) is 7.10. The van der Waals surface area contributed by atoms with Crippen molar-refractivity contribution in [3.05, 3.63) is 0 Å². The van der Waals surface area contributed by atoms with Crippen molar-refractivity contribution >= 4 is 25.8 Å². The number of carbonyl (C=O) groups excluding carboxylic acids is 1. The predicted octanol–water partition coefficient (Wildman–Crippen LogP) is -2.61. The van der Waals surface area contributed by atoms with Crippen LogP contribution in [0.15, 0.2) is 9.98 Å². The van der Waals surface area contributed by atoms with Gasteiger partial charge in [-0.05, 0) is 0 Å². The Morgan fingerprint density at radius 1 is 1.52 bits per heavy atom. The number of ether oxygens (including phenoxy) is 1. The van der Waals surface area contributed by atoms with Gasteiger partial charge in [0.2, 0.25) is 0 Å². The zero-order valence-electron chi connectivity index (χ0n) is 11.8. The van der Waals surface area contributed by atoms with Gasteiger partial charge in [0.25, 0.3) is 5.91 Å². The average molecular weight is 345 g/mol. The third-order valence-electron chi connectivity index (χ3n) is 4.44. The van der Waals surface area contributed by atoms with E-state index in [4.69, 9.17) is 15.0 Å². The lowest BCUT2D eigenvalue weighted by Crippen LogP contribution is -2.56. The molecule has 0 aromatic heterocycles. The summed E-state index contributed by atoms with van der Waals surface area (Å²) in [5.74, 6) is -0.940. The van der Waals surface area contributed by atoms with Gasteiger partial charge in [-0.1, -0.05) is 0 Å². The lowest BCUT2D eigenvalue weighted by atomic mass is 10.00. The van der Waals surface area contributed by atoms with Crippen molar-refractivity contribution in [2.75, 3.05) is 12.8 Å². The molecule has 4 aliphatic heterocycles. The van der Waals surface area contributed by atoms with Crippen LogP contribution in [-0.4, -0.2) is 76.5 Å². The number of amides is 1. The third kappa shape index (κ3) is 2.36. The van der Waals surface area contributed by atoms with Crippen LogP contribution in [0.5, 0.6) is 0 Å². The van der Waals surface area contributed by atoms with Crippen molar-refractivity contribution in [2.45, 2.75) is 30.6 Å². The number of hydrogen-bond donors (Lipinski definition) is 4. The van der Waals surface area contributed by atoms with Crippen LogP contribution in [0.2, 0.25) is 0 Å². The van der Waals surface area contributed by atoms with Gasteiger partial charge in [0.15, 0.2) is 24.4 Å². The van der Waals surface area contributed by atoms with Crippen LogP contribution in [-0.2, 0) is 18.6 Å². The number of aliphatic hydroxyl groups is 1. The molecule has 0 aliphatic carbocycles. The molecule has 5 N–H and O–H groups in total. The van der Waals surface area contributed by atoms with E-state index in [1.165, 1.54) is 11.2 Å². The molecule has 1 amide bonds. The van der Waals surface area contributed by atoms with E-state index in [0.717, 1.165) is 0 Å². The lowest BCUT2D eigenvalue weighted by Gasteiger charge is -2.32. The van der Waals surface area contributed by atoms with Crippen molar-refractivity contribution in [3.63, 3.8) is 0 Å². The standard InChI is InChI=1S/C11H16N5O6P/c12-11-14-8-6(9(18)15-11)13-3-16(8)10-7(17)4-2-23(19,20)21-1-5(4)22-10/h3-8,10,17H,1-2H2,(H,19,20)(H3,12,14,15,18). The number of fused-ring (bicyclic) bond motifs is 2. The van der Waals surface area contributed by atoms with Crippen LogP contribution in [0.3, 0.4) is 0 Å². The van der Waals surface area contributed by atoms with Gasteiger partial charge in [0, 0.05) is 5.92 Å². The van der Waals surface area contributed by atoms with Crippen LogP contribution >= 0.6 is 7.60 Å². The summed E-state index contributed by atoms with van der Waals surface area (Å²) in [7, 11) is -3.70. The third-order valence-corrected chi connectivity index (χ3v) is 5.87. The number of nitrogens with one attached hydrogen (secondary N) is 1. The van der Waals surface area contributed by atoms with Crippen molar-refractivity contribution in [2.24, 2.45) is 21.6 Å². The van der Waals surface area contributed by atoms with E-state index >= 15 is 0 Å². The molecular weight excluding hydrogens is 329 g/mol. The number of nitrogens with zero attached hydrogens (tertiary/aromatic N) is 3. The fourth-order valence-corrected chi connectivity index (χ4v) is 4.79. The van der Waals surface area contributed by atoms with E-state index in [1.54, 1.807) is 0 Å². The smallest absolute Gasteiger partial charge is 0.328 e. The highest BCUT2D eigenvalue weighted by atomic mass is 31.2. The first-order chi connectivity index (χ1) is 10.9. The van der Waals surface area contributed by atoms with E-state index in [0.29, 0.717) is 0 Å². The Hall–Kier alpha value is -1.52. The largest absolute Gasteiger partial charge is 0.388 e. The number of aliphatic hydroxyl groups excluding tert-OH is 1. The van der Waals surface area contributed by atoms with E-state index in [9.17, 15) is 19.4 Å². The Morgan fingerprint density at radius 3 is 3.09 bits per heavy atom. The molecule has 7 unspecified atom stereocenters. The van der Waals surface area contributed by atoms with E-state index in [1.807, 2.05) is 0 Å². The zero-order valence-corrected chi connectivity index (χ0v) is 12.7. The minimum atomic E-state index is -3.70. The van der Waals surface area contributed by atoms with Gasteiger partial charge in [0.05, 0.1) is 25.2 Å². The summed E-state index contributed by atoms with van der Waals surface area (Å²) >= 11 is 0. The maximum atomic E-state index is 11.9. The van der Waals surface area contributed by atoms with Crippen LogP contribution in [0, 0.1) is 5.92 Å². The molecule has 4 aliphatic rings. The second kappa shape index (κ2) is 4.99. The lowest BCUT2D eigenvalue weighted by molar-refractivity contribution is -0.124. The molecule has 11 nitrogen and oxygen atoms in total. The molecule has 0 saturated carbocycles. The number of nitrogens with two attached hydrogens (primary N) is 1. The number of hydrogen-bond acceptors (Lipinski definition) is 9. The van der Waals surface area contributed by atoms with Crippen LogP contribution in [0.4, 0.5) is 0 Å². The minimum absolute atomic E-state index is 0.0279. The highest BCUT2D eigenvalue weighted by Crippen LogP contribution is 2.52. The summed E-state index contributed by atoms with van der Waals surface area (Å²) in [6.45, 7) is -0.0724. The van der Waals surface area contributed by atoms with Gasteiger partial charge in [-0.25, -0.2) is 4.99 Å². The average Bonchev–Trinajstić information content (AvgIpc) is 3.00. The van der Waals surface area contributed by atoms with Crippen LogP contribution in [0.1, 0.15) is 0 Å². The Bertz CT molecular complexity index is 655. The SMILES string of the molecule is NC1=NC2C(N=CN2C2OC3COP(=O)(O)CC3C2O)C(=O)N1. The van der Waals surface area contributed by atoms with Gasteiger partial charge in [0.1, 0.15) is 6.10 Å². The Labute approximate surface area is 130 Å². The van der Waals surface area contributed by atoms with E-state index in [-0.39, 0.29) is 24.6 Å². The number of carbonyl (C=O) groups is 1. The molecule has 23 heavy (non-hydrogen) atoms. The molecule has 2 fully saturated rings. The van der Waals surface area contributed by atoms with Crippen LogP contribution in [0.25, 0.3) is 0 Å². The maximum absolute atomic E-state index is 11.9. The minimum Gasteiger partial charge on any atom is -0.388 e. The van der Waals surface area contributed by atoms with Gasteiger partial charge < -0.3 is 29.9 Å². The summed E-state index contributed by atoms with van der Waals surface area (Å²) < 4.78 is 22.3. The quantitative estimate of drug-likeness (QED) is 0.376. The molecule has 4 heterocycles. The topological polar surface area (TPSA) is 159 Å². The molecule has 0 bridgehead atoms. The summed E-state index contributed by atoms with van der Waals surface area (Å²) in [4.78, 5) is 31.2. The van der Waals surface area contributed by atoms with Crippen LogP contribution < -0.4 is 11.1 Å².